The highest BCUT2D eigenvalue weighted by molar-refractivity contribution is 5.71. The summed E-state index contributed by atoms with van der Waals surface area (Å²) >= 11 is 0. The summed E-state index contributed by atoms with van der Waals surface area (Å²) in [5, 5.41) is 12.7. The second kappa shape index (κ2) is 9.46. The number of nitrogens with one attached hydrogen (secondary N) is 1. The van der Waals surface area contributed by atoms with Crippen LogP contribution in [-0.4, -0.2) is 65.4 Å². The van der Waals surface area contributed by atoms with Crippen LogP contribution in [0.3, 0.4) is 0 Å². The van der Waals surface area contributed by atoms with Crippen LogP contribution in [0, 0.1) is 19.7 Å². The van der Waals surface area contributed by atoms with Crippen molar-refractivity contribution < 1.29 is 23.8 Å². The number of nitrogens with zero attached hydrogens (tertiary/aromatic N) is 3. The smallest absolute Gasteiger partial charge is 0.409 e. The van der Waals surface area contributed by atoms with Gasteiger partial charge in [0.15, 0.2) is 0 Å². The van der Waals surface area contributed by atoms with Gasteiger partial charge in [0.05, 0.1) is 37.8 Å². The van der Waals surface area contributed by atoms with Crippen LogP contribution in [0.1, 0.15) is 28.6 Å². The van der Waals surface area contributed by atoms with E-state index in [0.29, 0.717) is 37.4 Å². The Kier molecular flexibility index (Phi) is 6.64. The number of aryl methyl sites for hydroxylation is 2. The number of ether oxygens (including phenoxy) is 2. The van der Waals surface area contributed by atoms with Gasteiger partial charge in [0.25, 0.3) is 0 Å². The third-order valence-corrected chi connectivity index (χ3v) is 6.04. The number of hydrogen-bond acceptors (Lipinski definition) is 6. The molecule has 1 amide bonds. The molecule has 0 bridgehead atoms. The topological polar surface area (TPSA) is 88.3 Å². The molecule has 0 radical (unpaired) electrons. The number of hydrogen-bond donors (Lipinski definition) is 2. The van der Waals surface area contributed by atoms with Crippen molar-refractivity contribution in [1.82, 2.24) is 19.6 Å². The van der Waals surface area contributed by atoms with Crippen LogP contribution in [0.2, 0.25) is 0 Å². The summed E-state index contributed by atoms with van der Waals surface area (Å²) in [5.41, 5.74) is 4.96. The largest absolute Gasteiger partial charge is 0.453 e. The van der Waals surface area contributed by atoms with E-state index < -0.39 is 12.0 Å². The van der Waals surface area contributed by atoms with Crippen LogP contribution in [0.4, 0.5) is 9.18 Å². The zero-order valence-corrected chi connectivity index (χ0v) is 19.3. The number of rotatable bonds is 5. The number of morpholine rings is 1. The number of methoxy groups -OCH3 is 1. The van der Waals surface area contributed by atoms with Crippen molar-refractivity contribution in [2.45, 2.75) is 32.6 Å². The van der Waals surface area contributed by atoms with E-state index in [2.05, 4.69) is 5.32 Å². The van der Waals surface area contributed by atoms with E-state index in [-0.39, 0.29) is 17.8 Å². The molecule has 1 aromatic carbocycles. The predicted molar refractivity (Wildman–Crippen MR) is 122 cm³/mol. The quantitative estimate of drug-likeness (QED) is 0.574. The molecule has 1 saturated heterocycles. The Morgan fingerprint density at radius 1 is 1.39 bits per heavy atom. The van der Waals surface area contributed by atoms with E-state index in [1.54, 1.807) is 18.0 Å². The molecule has 2 atom stereocenters. The average Bonchev–Trinajstić information content (AvgIpc) is 3.16. The number of pyridine rings is 1. The Balaban J connectivity index is 1.77. The average molecular weight is 457 g/mol. The van der Waals surface area contributed by atoms with Crippen LogP contribution < -0.4 is 5.32 Å². The number of carbonyl (C=O) groups excluding carboxylic acids is 1. The summed E-state index contributed by atoms with van der Waals surface area (Å²) in [6.07, 6.45) is 0.695. The van der Waals surface area contributed by atoms with Gasteiger partial charge in [-0.2, -0.15) is 0 Å². The van der Waals surface area contributed by atoms with Gasteiger partial charge in [0.1, 0.15) is 17.7 Å². The van der Waals surface area contributed by atoms with Crippen molar-refractivity contribution in [2.75, 3.05) is 33.9 Å². The van der Waals surface area contributed by atoms with Gasteiger partial charge in [-0.1, -0.05) is 0 Å². The Hall–Kier alpha value is -3.01. The molecule has 8 nitrogen and oxygen atoms in total. The lowest BCUT2D eigenvalue weighted by Crippen LogP contribution is -2.46. The normalized spacial score (nSPS) is 17.4. The maximum absolute atomic E-state index is 14.9. The summed E-state index contributed by atoms with van der Waals surface area (Å²) in [7, 11) is 2.93. The molecular weight excluding hydrogens is 427 g/mol. The molecule has 4 rings (SSSR count). The Bertz CT molecular complexity index is 1180. The molecule has 1 aliphatic rings. The van der Waals surface area contributed by atoms with Gasteiger partial charge in [0, 0.05) is 30.3 Å². The van der Waals surface area contributed by atoms with Gasteiger partial charge < -0.3 is 23.9 Å². The summed E-state index contributed by atoms with van der Waals surface area (Å²) in [6, 6.07) is 7.03. The van der Waals surface area contributed by atoms with E-state index in [1.807, 2.05) is 36.6 Å². The third-order valence-electron chi connectivity index (χ3n) is 6.04. The lowest BCUT2D eigenvalue weighted by atomic mass is 9.98. The van der Waals surface area contributed by atoms with Crippen molar-refractivity contribution in [3.8, 4) is 11.3 Å². The van der Waals surface area contributed by atoms with Gasteiger partial charge in [-0.25, -0.2) is 14.2 Å². The van der Waals surface area contributed by atoms with Crippen molar-refractivity contribution in [3.05, 3.63) is 58.7 Å². The van der Waals surface area contributed by atoms with Crippen LogP contribution in [-0.2, 0) is 15.9 Å². The van der Waals surface area contributed by atoms with E-state index in [1.165, 1.54) is 13.2 Å². The molecule has 2 aromatic heterocycles. The molecular formula is C24H29FN4O4. The number of benzene rings is 1. The minimum Gasteiger partial charge on any atom is -0.453 e. The van der Waals surface area contributed by atoms with Gasteiger partial charge in [-0.3, -0.25) is 5.32 Å². The standard InChI is InChI=1S/C24H29FN4O4/c1-14-5-6-29-20(11-16-13-28(7-8-33-16)24(31)32-4)22(27-21(29)9-14)17-12-19(25)18(10-15(17)2)23(30)26-3/h5-6,9-10,12,16,23,26,30H,7-8,11,13H2,1-4H3/t16-,23?/m0/s1. The van der Waals surface area contributed by atoms with Gasteiger partial charge in [0.2, 0.25) is 0 Å². The molecule has 1 unspecified atom stereocenters. The van der Waals surface area contributed by atoms with E-state index in [4.69, 9.17) is 14.5 Å². The number of amides is 1. The molecule has 33 heavy (non-hydrogen) atoms. The number of fused-ring (bicyclic) bond motifs is 1. The van der Waals surface area contributed by atoms with Crippen molar-refractivity contribution in [1.29, 1.82) is 0 Å². The summed E-state index contributed by atoms with van der Waals surface area (Å²) in [5.74, 6) is -0.512. The highest BCUT2D eigenvalue weighted by Crippen LogP contribution is 2.32. The van der Waals surface area contributed by atoms with Gasteiger partial charge in [-0.15, -0.1) is 0 Å². The Morgan fingerprint density at radius 2 is 2.18 bits per heavy atom. The minimum absolute atomic E-state index is 0.184. The zero-order valence-electron chi connectivity index (χ0n) is 19.3. The van der Waals surface area contributed by atoms with Crippen molar-refractivity contribution in [2.24, 2.45) is 0 Å². The van der Waals surface area contributed by atoms with Gasteiger partial charge in [-0.05, 0) is 56.3 Å². The van der Waals surface area contributed by atoms with Crippen molar-refractivity contribution >= 4 is 11.7 Å². The molecule has 176 valence electrons. The van der Waals surface area contributed by atoms with Crippen LogP contribution in [0.15, 0.2) is 30.5 Å². The Morgan fingerprint density at radius 3 is 2.91 bits per heavy atom. The third kappa shape index (κ3) is 4.57. The maximum atomic E-state index is 14.9. The molecule has 0 spiro atoms. The van der Waals surface area contributed by atoms with Crippen LogP contribution in [0.5, 0.6) is 0 Å². The fraction of sp³-hybridized carbons (Fsp3) is 0.417. The molecule has 9 heteroatoms. The first-order valence-electron chi connectivity index (χ1n) is 10.9. The second-order valence-corrected chi connectivity index (χ2v) is 8.33. The fourth-order valence-electron chi connectivity index (χ4n) is 4.29. The molecule has 2 N–H and O–H groups in total. The van der Waals surface area contributed by atoms with Crippen LogP contribution in [0.25, 0.3) is 16.9 Å². The summed E-state index contributed by atoms with van der Waals surface area (Å²) < 4.78 is 27.7. The zero-order chi connectivity index (χ0) is 23.7. The first-order valence-corrected chi connectivity index (χ1v) is 10.9. The lowest BCUT2D eigenvalue weighted by Gasteiger charge is -2.32. The SMILES string of the molecule is CNC(O)c1cc(C)c(-c2nc3cc(C)ccn3c2C[C@H]2CN(C(=O)OC)CCO2)cc1F. The van der Waals surface area contributed by atoms with E-state index in [9.17, 15) is 14.3 Å². The highest BCUT2D eigenvalue weighted by Gasteiger charge is 2.28. The highest BCUT2D eigenvalue weighted by atomic mass is 19.1. The summed E-state index contributed by atoms with van der Waals surface area (Å²) in [4.78, 5) is 18.5. The predicted octanol–water partition coefficient (Wildman–Crippen LogP) is 2.98. The molecule has 1 aliphatic heterocycles. The Labute approximate surface area is 191 Å². The number of aliphatic hydroxyl groups excluding tert-OH is 1. The fourth-order valence-corrected chi connectivity index (χ4v) is 4.29. The molecule has 0 aliphatic carbocycles. The number of aromatic nitrogens is 2. The van der Waals surface area contributed by atoms with E-state index in [0.717, 1.165) is 22.5 Å². The minimum atomic E-state index is -1.10. The molecule has 3 heterocycles. The van der Waals surface area contributed by atoms with E-state index >= 15 is 0 Å². The van der Waals surface area contributed by atoms with Crippen molar-refractivity contribution in [3.63, 3.8) is 0 Å². The van der Waals surface area contributed by atoms with Crippen LogP contribution >= 0.6 is 0 Å². The molecule has 3 aromatic rings. The molecule has 0 saturated carbocycles. The number of aliphatic hydroxyl groups is 1. The number of halogens is 1. The number of imidazole rings is 1. The lowest BCUT2D eigenvalue weighted by molar-refractivity contribution is -0.0241. The molecule has 1 fully saturated rings. The first kappa shape index (κ1) is 23.2. The second-order valence-electron chi connectivity index (χ2n) is 8.33. The summed E-state index contributed by atoms with van der Waals surface area (Å²) in [6.45, 7) is 5.14. The number of carbonyl (C=O) groups is 1. The monoisotopic (exact) mass is 456 g/mol. The maximum Gasteiger partial charge on any atom is 0.409 e. The first-order chi connectivity index (χ1) is 15.8. The van der Waals surface area contributed by atoms with Gasteiger partial charge >= 0.3 is 6.09 Å².